The minimum atomic E-state index is 0.729. The summed E-state index contributed by atoms with van der Waals surface area (Å²) in [7, 11) is 1.97. The quantitative estimate of drug-likeness (QED) is 0.788. The molecule has 1 aromatic carbocycles. The highest BCUT2D eigenvalue weighted by molar-refractivity contribution is 7.17. The molecule has 0 radical (unpaired) electrons. The summed E-state index contributed by atoms with van der Waals surface area (Å²) in [5.74, 6) is 0. The van der Waals surface area contributed by atoms with Crippen molar-refractivity contribution >= 4 is 28.4 Å². The number of benzene rings is 1. The first-order chi connectivity index (χ1) is 8.65. The molecular formula is C14H16N2OS. The molecule has 1 heterocycles. The molecule has 0 aliphatic carbocycles. The Balaban J connectivity index is 2.36. The topological polar surface area (TPSA) is 33.2 Å². The molecule has 94 valence electrons. The Morgan fingerprint density at radius 1 is 1.44 bits per heavy atom. The van der Waals surface area contributed by atoms with Gasteiger partial charge in [0.1, 0.15) is 0 Å². The van der Waals surface area contributed by atoms with Gasteiger partial charge in [-0.1, -0.05) is 30.4 Å². The van der Waals surface area contributed by atoms with Gasteiger partial charge < -0.3 is 4.90 Å². The van der Waals surface area contributed by atoms with Crippen LogP contribution in [0.2, 0.25) is 0 Å². The summed E-state index contributed by atoms with van der Waals surface area (Å²) in [5, 5.41) is 0.861. The van der Waals surface area contributed by atoms with Crippen molar-refractivity contribution in [2.75, 3.05) is 11.9 Å². The highest BCUT2D eigenvalue weighted by Crippen LogP contribution is 2.30. The zero-order valence-corrected chi connectivity index (χ0v) is 11.6. The van der Waals surface area contributed by atoms with E-state index in [9.17, 15) is 4.79 Å². The predicted octanol–water partition coefficient (Wildman–Crippen LogP) is 3.59. The maximum absolute atomic E-state index is 11.0. The number of aromatic nitrogens is 1. The van der Waals surface area contributed by atoms with E-state index in [1.165, 1.54) is 16.9 Å². The van der Waals surface area contributed by atoms with E-state index < -0.39 is 0 Å². The van der Waals surface area contributed by atoms with Crippen LogP contribution in [0.15, 0.2) is 24.3 Å². The zero-order valence-electron chi connectivity index (χ0n) is 10.8. The molecule has 0 bridgehead atoms. The second-order valence-corrected chi connectivity index (χ2v) is 5.19. The highest BCUT2D eigenvalue weighted by atomic mass is 32.1. The summed E-state index contributed by atoms with van der Waals surface area (Å²) in [5.41, 5.74) is 3.18. The molecule has 0 amide bonds. The van der Waals surface area contributed by atoms with Crippen LogP contribution in [-0.2, 0) is 6.42 Å². The second kappa shape index (κ2) is 5.31. The Bertz CT molecular complexity index is 563. The molecule has 0 spiro atoms. The van der Waals surface area contributed by atoms with Gasteiger partial charge in [0.05, 0.1) is 10.6 Å². The van der Waals surface area contributed by atoms with Gasteiger partial charge in [-0.2, -0.15) is 0 Å². The first-order valence-electron chi connectivity index (χ1n) is 5.91. The van der Waals surface area contributed by atoms with Crippen molar-refractivity contribution in [3.05, 3.63) is 40.4 Å². The first kappa shape index (κ1) is 12.8. The fraction of sp³-hybridized carbons (Fsp3) is 0.286. The van der Waals surface area contributed by atoms with E-state index in [1.54, 1.807) is 0 Å². The van der Waals surface area contributed by atoms with E-state index in [4.69, 9.17) is 0 Å². The highest BCUT2D eigenvalue weighted by Gasteiger charge is 2.13. The molecule has 0 aliphatic heterocycles. The molecule has 0 saturated carbocycles. The van der Waals surface area contributed by atoms with Crippen molar-refractivity contribution in [1.82, 2.24) is 4.98 Å². The van der Waals surface area contributed by atoms with Crippen LogP contribution in [0.4, 0.5) is 10.8 Å². The van der Waals surface area contributed by atoms with Crippen molar-refractivity contribution in [2.45, 2.75) is 20.3 Å². The lowest BCUT2D eigenvalue weighted by Gasteiger charge is -2.16. The molecule has 0 aliphatic rings. The van der Waals surface area contributed by atoms with E-state index in [1.807, 2.05) is 31.0 Å². The molecule has 2 rings (SSSR count). The van der Waals surface area contributed by atoms with Crippen molar-refractivity contribution in [3.63, 3.8) is 0 Å². The van der Waals surface area contributed by atoms with Crippen LogP contribution in [0.25, 0.3) is 0 Å². The van der Waals surface area contributed by atoms with Crippen molar-refractivity contribution in [2.24, 2.45) is 0 Å². The lowest BCUT2D eigenvalue weighted by Crippen LogP contribution is -2.09. The number of carbonyl (C=O) groups excluding carboxylic acids is 1. The average molecular weight is 260 g/mol. The van der Waals surface area contributed by atoms with Gasteiger partial charge in [0.2, 0.25) is 0 Å². The van der Waals surface area contributed by atoms with Crippen molar-refractivity contribution < 1.29 is 4.79 Å². The minimum absolute atomic E-state index is 0.729. The number of aldehydes is 1. The zero-order chi connectivity index (χ0) is 13.1. The summed E-state index contributed by atoms with van der Waals surface area (Å²) < 4.78 is 0. The summed E-state index contributed by atoms with van der Waals surface area (Å²) in [6, 6.07) is 8.23. The Hall–Kier alpha value is -1.68. The second-order valence-electron chi connectivity index (χ2n) is 4.18. The number of anilines is 2. The molecule has 0 unspecified atom stereocenters. The van der Waals surface area contributed by atoms with Crippen LogP contribution < -0.4 is 4.90 Å². The number of aryl methyl sites for hydroxylation is 2. The monoisotopic (exact) mass is 260 g/mol. The molecule has 18 heavy (non-hydrogen) atoms. The van der Waals surface area contributed by atoms with Crippen LogP contribution in [0, 0.1) is 6.92 Å². The van der Waals surface area contributed by atoms with Crippen LogP contribution in [0.3, 0.4) is 0 Å². The summed E-state index contributed by atoms with van der Waals surface area (Å²) in [6.45, 7) is 4.08. The van der Waals surface area contributed by atoms with Crippen LogP contribution >= 0.6 is 11.3 Å². The van der Waals surface area contributed by atoms with Gasteiger partial charge in [-0.05, 0) is 31.0 Å². The lowest BCUT2D eigenvalue weighted by atomic mass is 10.2. The maximum Gasteiger partial charge on any atom is 0.190 e. The van der Waals surface area contributed by atoms with Gasteiger partial charge in [-0.3, -0.25) is 4.79 Å². The molecule has 0 saturated heterocycles. The van der Waals surface area contributed by atoms with Gasteiger partial charge in [-0.25, -0.2) is 4.98 Å². The van der Waals surface area contributed by atoms with Gasteiger partial charge in [0.15, 0.2) is 11.4 Å². The number of carbonyl (C=O) groups is 1. The van der Waals surface area contributed by atoms with E-state index in [0.717, 1.165) is 34.1 Å². The SMILES string of the molecule is CCc1nc(N(C)c2cccc(C)c2)sc1C=O. The van der Waals surface area contributed by atoms with Gasteiger partial charge >= 0.3 is 0 Å². The Morgan fingerprint density at radius 3 is 2.78 bits per heavy atom. The molecule has 2 aromatic rings. The van der Waals surface area contributed by atoms with Gasteiger partial charge in [0.25, 0.3) is 0 Å². The Morgan fingerprint density at radius 2 is 2.22 bits per heavy atom. The number of hydrogen-bond donors (Lipinski definition) is 0. The molecule has 4 heteroatoms. The molecule has 3 nitrogen and oxygen atoms in total. The number of hydrogen-bond acceptors (Lipinski definition) is 4. The van der Waals surface area contributed by atoms with E-state index in [-0.39, 0.29) is 0 Å². The van der Waals surface area contributed by atoms with E-state index in [2.05, 4.69) is 24.0 Å². The predicted molar refractivity (Wildman–Crippen MR) is 76.1 cm³/mol. The van der Waals surface area contributed by atoms with Crippen molar-refractivity contribution in [1.29, 1.82) is 0 Å². The maximum atomic E-state index is 11.0. The number of nitrogens with zero attached hydrogens (tertiary/aromatic N) is 2. The number of thiazole rings is 1. The van der Waals surface area contributed by atoms with Crippen LogP contribution in [0.5, 0.6) is 0 Å². The fourth-order valence-electron chi connectivity index (χ4n) is 1.79. The third kappa shape index (κ3) is 2.43. The molecular weight excluding hydrogens is 244 g/mol. The molecule has 0 fully saturated rings. The summed E-state index contributed by atoms with van der Waals surface area (Å²) in [6.07, 6.45) is 1.68. The first-order valence-corrected chi connectivity index (χ1v) is 6.72. The van der Waals surface area contributed by atoms with E-state index in [0.29, 0.717) is 0 Å². The number of rotatable bonds is 4. The normalized spacial score (nSPS) is 10.4. The fourth-order valence-corrected chi connectivity index (χ4v) is 2.74. The van der Waals surface area contributed by atoms with Crippen molar-refractivity contribution in [3.8, 4) is 0 Å². The largest absolute Gasteiger partial charge is 0.321 e. The van der Waals surface area contributed by atoms with Crippen LogP contribution in [0.1, 0.15) is 27.9 Å². The molecule has 0 N–H and O–H groups in total. The third-order valence-corrected chi connectivity index (χ3v) is 3.93. The van der Waals surface area contributed by atoms with E-state index >= 15 is 0 Å². The summed E-state index contributed by atoms with van der Waals surface area (Å²) in [4.78, 5) is 18.2. The summed E-state index contributed by atoms with van der Waals surface area (Å²) >= 11 is 1.44. The van der Waals surface area contributed by atoms with Gasteiger partial charge in [-0.15, -0.1) is 0 Å². The third-order valence-electron chi connectivity index (χ3n) is 2.83. The standard InChI is InChI=1S/C14H16N2OS/c1-4-12-13(9-17)18-14(15-12)16(3)11-7-5-6-10(2)8-11/h5-9H,4H2,1-3H3. The minimum Gasteiger partial charge on any atom is -0.321 e. The molecule has 0 atom stereocenters. The molecule has 1 aromatic heterocycles. The average Bonchev–Trinajstić information content (AvgIpc) is 2.81. The van der Waals surface area contributed by atoms with Crippen LogP contribution in [-0.4, -0.2) is 18.3 Å². The lowest BCUT2D eigenvalue weighted by molar-refractivity contribution is 0.112. The Labute approximate surface area is 111 Å². The van der Waals surface area contributed by atoms with Gasteiger partial charge in [0, 0.05) is 12.7 Å². The Kier molecular flexibility index (Phi) is 3.77. The smallest absolute Gasteiger partial charge is 0.190 e.